The molecule has 2 aromatic rings. The lowest BCUT2D eigenvalue weighted by Crippen LogP contribution is -2.47. The number of aromatic nitrogens is 4. The van der Waals surface area contributed by atoms with Gasteiger partial charge in [-0.3, -0.25) is 9.21 Å². The lowest BCUT2D eigenvalue weighted by Gasteiger charge is -2.38. The number of hydrogen-bond donors (Lipinski definition) is 1. The zero-order valence-corrected chi connectivity index (χ0v) is 17.6. The summed E-state index contributed by atoms with van der Waals surface area (Å²) in [5, 5.41) is 0. The van der Waals surface area contributed by atoms with E-state index in [4.69, 9.17) is 32.0 Å². The van der Waals surface area contributed by atoms with Crippen LogP contribution in [0.1, 0.15) is 26.7 Å². The Hall–Kier alpha value is -2.72. The number of amides is 1. The number of carbonyl (C=O) groups excluding carboxylic acids is 1. The van der Waals surface area contributed by atoms with Gasteiger partial charge in [-0.1, -0.05) is 0 Å². The van der Waals surface area contributed by atoms with E-state index in [0.717, 1.165) is 0 Å². The van der Waals surface area contributed by atoms with Crippen LogP contribution in [0.25, 0.3) is 11.3 Å². The SMILES string of the molecule is CC(=O)N(Cl)C1CC(Oc2cc(-c3cnc(N)nc3)nc(N3CCOC[C@@H]3C)n2)C1. The second kappa shape index (κ2) is 8.57. The van der Waals surface area contributed by atoms with Crippen molar-refractivity contribution in [1.29, 1.82) is 0 Å². The molecule has 2 aromatic heterocycles. The maximum atomic E-state index is 11.4. The van der Waals surface area contributed by atoms with E-state index in [1.165, 1.54) is 11.3 Å². The molecule has 160 valence electrons. The summed E-state index contributed by atoms with van der Waals surface area (Å²) in [5.74, 6) is 1.05. The van der Waals surface area contributed by atoms with Gasteiger partial charge in [0.2, 0.25) is 23.7 Å². The topological polar surface area (TPSA) is 120 Å². The molecule has 2 fully saturated rings. The zero-order chi connectivity index (χ0) is 21.3. The Morgan fingerprint density at radius 3 is 2.73 bits per heavy atom. The van der Waals surface area contributed by atoms with Gasteiger partial charge < -0.3 is 20.1 Å². The highest BCUT2D eigenvalue weighted by Gasteiger charge is 2.36. The number of nitrogens with two attached hydrogens (primary N) is 1. The van der Waals surface area contributed by atoms with E-state index in [0.29, 0.717) is 55.7 Å². The summed E-state index contributed by atoms with van der Waals surface area (Å²) in [7, 11) is 0. The summed E-state index contributed by atoms with van der Waals surface area (Å²) in [6, 6.07) is 1.87. The molecule has 10 nitrogen and oxygen atoms in total. The number of carbonyl (C=O) groups is 1. The van der Waals surface area contributed by atoms with E-state index in [1.807, 2.05) is 0 Å². The maximum absolute atomic E-state index is 11.4. The van der Waals surface area contributed by atoms with Crippen molar-refractivity contribution in [1.82, 2.24) is 24.4 Å². The highest BCUT2D eigenvalue weighted by Crippen LogP contribution is 2.32. The number of rotatable bonds is 5. The van der Waals surface area contributed by atoms with Crippen LogP contribution < -0.4 is 15.4 Å². The van der Waals surface area contributed by atoms with Crippen LogP contribution in [0.2, 0.25) is 0 Å². The van der Waals surface area contributed by atoms with Gasteiger partial charge in [-0.05, 0) is 6.92 Å². The molecule has 0 spiro atoms. The molecule has 0 bridgehead atoms. The van der Waals surface area contributed by atoms with Gasteiger partial charge in [0.1, 0.15) is 6.10 Å². The van der Waals surface area contributed by atoms with Crippen molar-refractivity contribution in [2.45, 2.75) is 44.9 Å². The minimum atomic E-state index is -0.170. The molecule has 1 saturated heterocycles. The number of ether oxygens (including phenoxy) is 2. The van der Waals surface area contributed by atoms with Crippen LogP contribution in [-0.4, -0.2) is 68.2 Å². The lowest BCUT2D eigenvalue weighted by molar-refractivity contribution is -0.128. The maximum Gasteiger partial charge on any atom is 0.234 e. The van der Waals surface area contributed by atoms with Crippen molar-refractivity contribution in [2.24, 2.45) is 0 Å². The molecule has 1 atom stereocenters. The largest absolute Gasteiger partial charge is 0.474 e. The summed E-state index contributed by atoms with van der Waals surface area (Å²) < 4.78 is 12.9. The molecule has 11 heteroatoms. The van der Waals surface area contributed by atoms with Crippen LogP contribution in [-0.2, 0) is 9.53 Å². The third-order valence-electron chi connectivity index (χ3n) is 5.26. The van der Waals surface area contributed by atoms with Crippen LogP contribution >= 0.6 is 11.8 Å². The summed E-state index contributed by atoms with van der Waals surface area (Å²) in [6.07, 6.45) is 4.47. The summed E-state index contributed by atoms with van der Waals surface area (Å²) in [4.78, 5) is 31.0. The highest BCUT2D eigenvalue weighted by molar-refractivity contribution is 6.21. The van der Waals surface area contributed by atoms with Crippen molar-refractivity contribution in [2.75, 3.05) is 30.4 Å². The first-order chi connectivity index (χ1) is 14.4. The number of morpholine rings is 1. The minimum Gasteiger partial charge on any atom is -0.474 e. The van der Waals surface area contributed by atoms with Crippen molar-refractivity contribution in [3.63, 3.8) is 0 Å². The summed E-state index contributed by atoms with van der Waals surface area (Å²) >= 11 is 6.01. The Morgan fingerprint density at radius 2 is 2.07 bits per heavy atom. The fourth-order valence-corrected chi connectivity index (χ4v) is 3.65. The molecule has 0 aromatic carbocycles. The number of hydrogen-bond acceptors (Lipinski definition) is 9. The Labute approximate surface area is 179 Å². The first-order valence-electron chi connectivity index (χ1n) is 9.84. The van der Waals surface area contributed by atoms with Gasteiger partial charge in [0.15, 0.2) is 0 Å². The molecular formula is C19H24ClN7O3. The first-order valence-corrected chi connectivity index (χ1v) is 10.2. The van der Waals surface area contributed by atoms with E-state index in [1.54, 1.807) is 18.5 Å². The molecule has 4 rings (SSSR count). The second-order valence-corrected chi connectivity index (χ2v) is 7.90. The third kappa shape index (κ3) is 4.39. The van der Waals surface area contributed by atoms with Crippen molar-refractivity contribution in [3.05, 3.63) is 18.5 Å². The van der Waals surface area contributed by atoms with Crippen LogP contribution in [0.15, 0.2) is 18.5 Å². The quantitative estimate of drug-likeness (QED) is 0.701. The van der Waals surface area contributed by atoms with Crippen molar-refractivity contribution >= 4 is 29.6 Å². The van der Waals surface area contributed by atoms with E-state index < -0.39 is 0 Å². The molecule has 1 aliphatic heterocycles. The highest BCUT2D eigenvalue weighted by atomic mass is 35.5. The van der Waals surface area contributed by atoms with Gasteiger partial charge in [-0.2, -0.15) is 4.98 Å². The number of anilines is 2. The van der Waals surface area contributed by atoms with Crippen LogP contribution in [0.5, 0.6) is 5.88 Å². The molecule has 1 amide bonds. The average Bonchev–Trinajstić information content (AvgIpc) is 2.70. The van der Waals surface area contributed by atoms with Crippen LogP contribution in [0, 0.1) is 0 Å². The van der Waals surface area contributed by atoms with Gasteiger partial charge in [0.25, 0.3) is 0 Å². The molecule has 30 heavy (non-hydrogen) atoms. The Kier molecular flexibility index (Phi) is 5.87. The molecule has 0 radical (unpaired) electrons. The summed E-state index contributed by atoms with van der Waals surface area (Å²) in [5.41, 5.74) is 6.97. The van der Waals surface area contributed by atoms with Gasteiger partial charge in [-0.15, -0.1) is 0 Å². The number of nitrogens with zero attached hydrogens (tertiary/aromatic N) is 6. The predicted octanol–water partition coefficient (Wildman–Crippen LogP) is 1.65. The second-order valence-electron chi connectivity index (χ2n) is 7.53. The Bertz CT molecular complexity index is 908. The third-order valence-corrected chi connectivity index (χ3v) is 5.78. The summed E-state index contributed by atoms with van der Waals surface area (Å²) in [6.45, 7) is 5.42. The van der Waals surface area contributed by atoms with E-state index in [-0.39, 0.29) is 30.0 Å². The fraction of sp³-hybridized carbons (Fsp3) is 0.526. The predicted molar refractivity (Wildman–Crippen MR) is 111 cm³/mol. The minimum absolute atomic E-state index is 0.0280. The molecule has 1 aliphatic carbocycles. The van der Waals surface area contributed by atoms with Crippen molar-refractivity contribution < 1.29 is 14.3 Å². The molecule has 0 unspecified atom stereocenters. The van der Waals surface area contributed by atoms with Crippen LogP contribution in [0.3, 0.4) is 0 Å². The van der Waals surface area contributed by atoms with Crippen LogP contribution in [0.4, 0.5) is 11.9 Å². The van der Waals surface area contributed by atoms with Gasteiger partial charge in [-0.25, -0.2) is 15.0 Å². The zero-order valence-electron chi connectivity index (χ0n) is 16.9. The normalized spacial score (nSPS) is 23.6. The van der Waals surface area contributed by atoms with E-state index >= 15 is 0 Å². The standard InChI is InChI=1S/C19H24ClN7O3/c1-11-10-29-4-3-26(11)19-24-16(13-8-22-18(21)23-9-13)7-17(25-19)30-15-5-14(6-15)27(20)12(2)28/h7-9,11,14-15H,3-6,10H2,1-2H3,(H2,21,22,23)/t11-,14?,15?/m0/s1. The molecule has 1 saturated carbocycles. The van der Waals surface area contributed by atoms with E-state index in [9.17, 15) is 4.79 Å². The lowest BCUT2D eigenvalue weighted by atomic mass is 9.89. The van der Waals surface area contributed by atoms with Gasteiger partial charge >= 0.3 is 0 Å². The molecule has 2 aliphatic rings. The molecule has 2 N–H and O–H groups in total. The van der Waals surface area contributed by atoms with Gasteiger partial charge in [0, 0.05) is 62.1 Å². The monoisotopic (exact) mass is 433 g/mol. The Balaban J connectivity index is 1.58. The first kappa shape index (κ1) is 20.5. The smallest absolute Gasteiger partial charge is 0.234 e. The Morgan fingerprint density at radius 1 is 1.33 bits per heavy atom. The van der Waals surface area contributed by atoms with Gasteiger partial charge in [0.05, 0.1) is 31.0 Å². The number of nitrogen functional groups attached to an aromatic ring is 1. The fourth-order valence-electron chi connectivity index (χ4n) is 3.49. The van der Waals surface area contributed by atoms with Crippen molar-refractivity contribution in [3.8, 4) is 17.1 Å². The van der Waals surface area contributed by atoms with E-state index in [2.05, 4.69) is 26.8 Å². The average molecular weight is 434 g/mol. The number of halogens is 1. The molecule has 3 heterocycles. The molecular weight excluding hydrogens is 410 g/mol.